The molecule has 7 N–H and O–H groups in total. The minimum absolute atomic E-state index is 0.0109. The highest BCUT2D eigenvalue weighted by Gasteiger charge is 2.54. The van der Waals surface area contributed by atoms with E-state index in [1.165, 1.54) is 30.8 Å². The van der Waals surface area contributed by atoms with Crippen LogP contribution >= 0.6 is 7.75 Å². The number of hydrogen-bond acceptors (Lipinski definition) is 15. The van der Waals surface area contributed by atoms with Crippen LogP contribution in [0.15, 0.2) is 30.6 Å². The summed E-state index contributed by atoms with van der Waals surface area (Å²) in [5, 5.41) is 24.9. The van der Waals surface area contributed by atoms with Crippen molar-refractivity contribution in [3.05, 3.63) is 36.2 Å². The summed E-state index contributed by atoms with van der Waals surface area (Å²) in [6, 6.07) is 5.41. The lowest BCUT2D eigenvalue weighted by Gasteiger charge is -2.27. The van der Waals surface area contributed by atoms with Gasteiger partial charge in [-0.15, -0.1) is 0 Å². The van der Waals surface area contributed by atoms with Crippen molar-refractivity contribution in [2.24, 2.45) is 0 Å². The predicted octanol–water partition coefficient (Wildman–Crippen LogP) is 1.24. The Morgan fingerprint density at radius 2 is 1.91 bits per heavy atom. The van der Waals surface area contributed by atoms with Crippen LogP contribution in [-0.2, 0) is 39.3 Å². The first-order valence-corrected chi connectivity index (χ1v) is 15.8. The zero-order valence-electron chi connectivity index (χ0n) is 25.3. The summed E-state index contributed by atoms with van der Waals surface area (Å²) < 4.78 is 43.1. The van der Waals surface area contributed by atoms with Crippen molar-refractivity contribution in [2.45, 2.75) is 70.6 Å². The van der Waals surface area contributed by atoms with Crippen molar-refractivity contribution in [1.82, 2.24) is 24.6 Å². The van der Waals surface area contributed by atoms with Crippen LogP contribution < -0.4 is 21.1 Å². The number of nitrogens with zero attached hydrogens (tertiary/aromatic N) is 4. The molecule has 4 rings (SSSR count). The highest BCUT2D eigenvalue weighted by Crippen LogP contribution is 2.48. The number of aromatic nitrogens is 4. The van der Waals surface area contributed by atoms with E-state index in [0.717, 1.165) is 0 Å². The number of nitrogen functional groups attached to an aromatic ring is 2. The third kappa shape index (κ3) is 7.69. The van der Waals surface area contributed by atoms with Crippen molar-refractivity contribution in [3.63, 3.8) is 0 Å². The highest BCUT2D eigenvalue weighted by atomic mass is 31.2. The van der Waals surface area contributed by atoms with Crippen LogP contribution in [0.25, 0.3) is 11.2 Å². The third-order valence-corrected chi connectivity index (χ3v) is 8.60. The molecule has 18 heteroatoms. The van der Waals surface area contributed by atoms with E-state index in [1.807, 2.05) is 0 Å². The van der Waals surface area contributed by atoms with Gasteiger partial charge in [-0.2, -0.15) is 15.1 Å². The van der Waals surface area contributed by atoms with Crippen LogP contribution in [0.2, 0.25) is 0 Å². The van der Waals surface area contributed by atoms with E-state index >= 15 is 0 Å². The summed E-state index contributed by atoms with van der Waals surface area (Å²) in [4.78, 5) is 36.5. The van der Waals surface area contributed by atoms with Gasteiger partial charge >= 0.3 is 19.7 Å². The molecule has 1 aliphatic heterocycles. The Morgan fingerprint density at radius 3 is 2.62 bits per heavy atom. The molecule has 45 heavy (non-hydrogen) atoms. The van der Waals surface area contributed by atoms with Gasteiger partial charge in [-0.05, 0) is 45.7 Å². The van der Waals surface area contributed by atoms with Gasteiger partial charge in [0.15, 0.2) is 17.7 Å². The number of hydrogen-bond donors (Lipinski definition) is 5. The van der Waals surface area contributed by atoms with Gasteiger partial charge in [0.05, 0.1) is 26.1 Å². The summed E-state index contributed by atoms with van der Waals surface area (Å²) in [6.45, 7) is 5.81. The minimum atomic E-state index is -4.43. The lowest BCUT2D eigenvalue weighted by atomic mass is 9.96. The Bertz CT molecular complexity index is 1570. The van der Waals surface area contributed by atoms with Gasteiger partial charge in [0, 0.05) is 6.42 Å². The maximum Gasteiger partial charge on any atom is 0.459 e. The normalized spacial score (nSPS) is 23.4. The highest BCUT2D eigenvalue weighted by molar-refractivity contribution is 7.52. The van der Waals surface area contributed by atoms with E-state index in [4.69, 9.17) is 34.7 Å². The summed E-state index contributed by atoms with van der Waals surface area (Å²) in [5.41, 5.74) is 10.6. The van der Waals surface area contributed by atoms with Crippen LogP contribution in [0.5, 0.6) is 5.75 Å². The van der Waals surface area contributed by atoms with E-state index in [0.29, 0.717) is 5.56 Å². The Kier molecular flexibility index (Phi) is 10.6. The predicted molar refractivity (Wildman–Crippen MR) is 160 cm³/mol. The monoisotopic (exact) mass is 651 g/mol. The maximum absolute atomic E-state index is 14.2. The molecule has 0 spiro atoms. The van der Waals surface area contributed by atoms with E-state index in [1.54, 1.807) is 32.0 Å². The fourth-order valence-electron chi connectivity index (χ4n) is 4.72. The zero-order valence-corrected chi connectivity index (χ0v) is 26.2. The third-order valence-electron chi connectivity index (χ3n) is 6.97. The number of aryl methyl sites for hydroxylation is 1. The van der Waals surface area contributed by atoms with Gasteiger partial charge in [-0.25, -0.2) is 9.55 Å². The van der Waals surface area contributed by atoms with Gasteiger partial charge in [0.1, 0.15) is 35.1 Å². The number of aliphatic hydroxyl groups is 2. The summed E-state index contributed by atoms with van der Waals surface area (Å²) in [6.07, 6.45) is -2.53. The van der Waals surface area contributed by atoms with Crippen molar-refractivity contribution < 1.29 is 47.6 Å². The van der Waals surface area contributed by atoms with E-state index in [-0.39, 0.29) is 54.7 Å². The molecule has 2 aromatic heterocycles. The number of carbonyl (C=O) groups is 2. The van der Waals surface area contributed by atoms with Gasteiger partial charge in [-0.3, -0.25) is 18.7 Å². The molecule has 0 bridgehead atoms. The topological polar surface area (TPSA) is 245 Å². The fourth-order valence-corrected chi connectivity index (χ4v) is 6.26. The second-order valence-corrected chi connectivity index (χ2v) is 12.1. The van der Waals surface area contributed by atoms with Crippen molar-refractivity contribution in [3.8, 4) is 5.75 Å². The minimum Gasteiger partial charge on any atom is -0.466 e. The van der Waals surface area contributed by atoms with Crippen LogP contribution in [0.4, 0.5) is 11.8 Å². The molecule has 1 fully saturated rings. The average Bonchev–Trinajstić information content (AvgIpc) is 3.49. The number of anilines is 2. The molecule has 0 amide bonds. The molecular formula is C27H38N7O10P. The number of para-hydroxylation sites is 1. The Morgan fingerprint density at radius 1 is 1.20 bits per heavy atom. The lowest BCUT2D eigenvalue weighted by Crippen LogP contribution is -2.44. The number of carbonyl (C=O) groups excluding carboxylic acids is 2. The van der Waals surface area contributed by atoms with E-state index in [9.17, 15) is 24.4 Å². The number of imidazole rings is 1. The van der Waals surface area contributed by atoms with Crippen LogP contribution in [0, 0.1) is 0 Å². The second-order valence-electron chi connectivity index (χ2n) is 10.4. The quantitative estimate of drug-likeness (QED) is 0.122. The molecule has 6 atom stereocenters. The molecule has 1 aromatic carbocycles. The Labute approximate surface area is 258 Å². The largest absolute Gasteiger partial charge is 0.466 e. The average molecular weight is 652 g/mol. The Balaban J connectivity index is 1.57. The SMILES string of the molecule is CCOC(=O)CCc1ccccc1OP(=O)(N[C@H](C)C(=O)OCC)OC[C@H]1O[C@@H](n2cnc3c(N)nc(N)nc32)C(C)(O)C1O. The first kappa shape index (κ1) is 34.0. The summed E-state index contributed by atoms with van der Waals surface area (Å²) in [5.74, 6) is -1.14. The zero-order chi connectivity index (χ0) is 32.9. The number of ether oxygens (including phenoxy) is 3. The molecule has 246 valence electrons. The number of aliphatic hydroxyl groups excluding tert-OH is 1. The number of fused-ring (bicyclic) bond motifs is 1. The first-order valence-electron chi connectivity index (χ1n) is 14.2. The molecule has 0 radical (unpaired) electrons. The molecule has 0 aliphatic carbocycles. The molecule has 17 nitrogen and oxygen atoms in total. The number of nitrogens with one attached hydrogen (secondary N) is 1. The van der Waals surface area contributed by atoms with Crippen LogP contribution in [-0.4, -0.2) is 85.3 Å². The summed E-state index contributed by atoms with van der Waals surface area (Å²) >= 11 is 0. The van der Waals surface area contributed by atoms with Crippen LogP contribution in [0.3, 0.4) is 0 Å². The molecule has 1 aliphatic rings. The number of benzene rings is 1. The van der Waals surface area contributed by atoms with Crippen molar-refractivity contribution in [2.75, 3.05) is 31.3 Å². The van der Waals surface area contributed by atoms with Crippen molar-refractivity contribution in [1.29, 1.82) is 0 Å². The smallest absolute Gasteiger partial charge is 0.459 e. The fraction of sp³-hybridized carbons (Fsp3) is 0.519. The Hall–Kier alpha value is -3.86. The standard InChI is InChI=1S/C27H38N7O10P/c1-5-40-19(35)12-11-16-9-7-8-10-17(16)44-45(39,33-15(3)24(37)41-6-2)42-13-18-21(36)27(4,38)25(43-18)34-14-30-20-22(28)31-26(29)32-23(20)34/h7-10,14-15,18,21,25,36,38H,5-6,11-13H2,1-4H3,(H,33,39)(H4,28,29,31,32)/t15-,18-,21?,25-,27?,45?/m1/s1. The second kappa shape index (κ2) is 14.1. The van der Waals surface area contributed by atoms with Gasteiger partial charge < -0.3 is 40.4 Å². The summed E-state index contributed by atoms with van der Waals surface area (Å²) in [7, 11) is -4.43. The van der Waals surface area contributed by atoms with Gasteiger partial charge in [0.25, 0.3) is 0 Å². The van der Waals surface area contributed by atoms with E-state index in [2.05, 4.69) is 20.0 Å². The van der Waals surface area contributed by atoms with Crippen LogP contribution in [0.1, 0.15) is 45.9 Å². The number of esters is 2. The van der Waals surface area contributed by atoms with Gasteiger partial charge in [-0.1, -0.05) is 18.2 Å². The lowest BCUT2D eigenvalue weighted by molar-refractivity contribution is -0.145. The molecule has 3 unspecified atom stereocenters. The van der Waals surface area contributed by atoms with Gasteiger partial charge in [0.2, 0.25) is 5.95 Å². The molecule has 3 heterocycles. The maximum atomic E-state index is 14.2. The molecular weight excluding hydrogens is 613 g/mol. The van der Waals surface area contributed by atoms with Crippen molar-refractivity contribution >= 4 is 42.6 Å². The number of nitrogens with two attached hydrogens (primary N) is 2. The first-order chi connectivity index (χ1) is 21.3. The van der Waals surface area contributed by atoms with E-state index < -0.39 is 56.4 Å². The molecule has 3 aromatic rings. The molecule has 0 saturated carbocycles. The number of rotatable bonds is 14. The molecule has 1 saturated heterocycles.